The molecule has 0 aromatic heterocycles. The predicted molar refractivity (Wildman–Crippen MR) is 62.5 cm³/mol. The fourth-order valence-electron chi connectivity index (χ4n) is 1.62. The molecule has 0 aliphatic heterocycles. The lowest BCUT2D eigenvalue weighted by Gasteiger charge is -2.03. The fourth-order valence-corrected chi connectivity index (χ4v) is 1.62. The van der Waals surface area contributed by atoms with E-state index in [0.29, 0.717) is 0 Å². The van der Waals surface area contributed by atoms with Gasteiger partial charge in [-0.3, -0.25) is 0 Å². The monoisotopic (exact) mass is 189 g/mol. The normalized spacial score (nSPS) is 10.4. The van der Waals surface area contributed by atoms with Crippen LogP contribution in [0.15, 0.2) is 18.2 Å². The molecule has 14 heavy (non-hydrogen) atoms. The summed E-state index contributed by atoms with van der Waals surface area (Å²) in [5.74, 6) is 0. The minimum absolute atomic E-state index is 1.19. The standard InChI is InChI=1S/C14H21/c1-3-5-8-13-10-7-11-14(12-13)9-6-4-2/h7,10,12H,3-6,8-9H2,1-2H3. The highest BCUT2D eigenvalue weighted by Crippen LogP contribution is 2.10. The molecule has 0 bridgehead atoms. The minimum atomic E-state index is 1.19. The first-order chi connectivity index (χ1) is 6.86. The lowest BCUT2D eigenvalue weighted by molar-refractivity contribution is 0.780. The average Bonchev–Trinajstić information content (AvgIpc) is 2.24. The number of hydrogen-bond acceptors (Lipinski definition) is 0. The molecule has 0 saturated heterocycles. The highest BCUT2D eigenvalue weighted by Gasteiger charge is 1.96. The molecule has 0 spiro atoms. The van der Waals surface area contributed by atoms with Crippen molar-refractivity contribution in [1.82, 2.24) is 0 Å². The van der Waals surface area contributed by atoms with Gasteiger partial charge in [0.2, 0.25) is 0 Å². The van der Waals surface area contributed by atoms with Gasteiger partial charge in [-0.25, -0.2) is 0 Å². The van der Waals surface area contributed by atoms with Crippen LogP contribution in [0.4, 0.5) is 0 Å². The molecule has 0 heteroatoms. The van der Waals surface area contributed by atoms with Crippen LogP contribution in [0.5, 0.6) is 0 Å². The molecule has 1 aromatic carbocycles. The lowest BCUT2D eigenvalue weighted by atomic mass is 10.0. The van der Waals surface area contributed by atoms with E-state index in [1.807, 2.05) is 0 Å². The van der Waals surface area contributed by atoms with Crippen LogP contribution >= 0.6 is 0 Å². The van der Waals surface area contributed by atoms with Crippen molar-refractivity contribution >= 4 is 0 Å². The number of unbranched alkanes of at least 4 members (excludes halogenated alkanes) is 2. The molecule has 0 saturated carbocycles. The Labute approximate surface area is 88.4 Å². The summed E-state index contributed by atoms with van der Waals surface area (Å²) in [6.45, 7) is 4.48. The van der Waals surface area contributed by atoms with E-state index in [4.69, 9.17) is 0 Å². The largest absolute Gasteiger partial charge is 0.0654 e. The van der Waals surface area contributed by atoms with Crippen molar-refractivity contribution in [2.75, 3.05) is 0 Å². The average molecular weight is 189 g/mol. The van der Waals surface area contributed by atoms with Gasteiger partial charge in [0.15, 0.2) is 0 Å². The molecule has 0 unspecified atom stereocenters. The third-order valence-electron chi connectivity index (χ3n) is 2.54. The Bertz CT molecular complexity index is 227. The number of benzene rings is 1. The maximum atomic E-state index is 3.32. The van der Waals surface area contributed by atoms with Gasteiger partial charge in [0.1, 0.15) is 0 Å². The molecule has 0 amide bonds. The van der Waals surface area contributed by atoms with E-state index in [1.54, 1.807) is 0 Å². The first-order valence-electron chi connectivity index (χ1n) is 5.86. The zero-order valence-electron chi connectivity index (χ0n) is 9.47. The molecule has 0 aliphatic carbocycles. The third-order valence-corrected chi connectivity index (χ3v) is 2.54. The molecule has 0 atom stereocenters. The van der Waals surface area contributed by atoms with Crippen LogP contribution in [0.1, 0.15) is 50.7 Å². The topological polar surface area (TPSA) is 0 Å². The van der Waals surface area contributed by atoms with E-state index in [0.717, 1.165) is 0 Å². The summed E-state index contributed by atoms with van der Waals surface area (Å²) in [7, 11) is 0. The molecule has 1 radical (unpaired) electrons. The van der Waals surface area contributed by atoms with Crippen LogP contribution in [0.3, 0.4) is 0 Å². The summed E-state index contributed by atoms with van der Waals surface area (Å²) in [4.78, 5) is 0. The van der Waals surface area contributed by atoms with Gasteiger partial charge < -0.3 is 0 Å². The van der Waals surface area contributed by atoms with Crippen LogP contribution in [-0.2, 0) is 12.8 Å². The highest BCUT2D eigenvalue weighted by atomic mass is 14.0. The first-order valence-corrected chi connectivity index (χ1v) is 5.86. The number of rotatable bonds is 6. The van der Waals surface area contributed by atoms with Crippen LogP contribution < -0.4 is 0 Å². The van der Waals surface area contributed by atoms with Crippen molar-refractivity contribution < 1.29 is 0 Å². The van der Waals surface area contributed by atoms with E-state index in [1.165, 1.54) is 49.7 Å². The molecule has 0 nitrogen and oxygen atoms in total. The summed E-state index contributed by atoms with van der Waals surface area (Å²) in [6.07, 6.45) is 7.56. The van der Waals surface area contributed by atoms with Gasteiger partial charge in [-0.1, -0.05) is 44.9 Å². The summed E-state index contributed by atoms with van der Waals surface area (Å²) in [6, 6.07) is 9.92. The molecule has 0 aliphatic rings. The van der Waals surface area contributed by atoms with Crippen molar-refractivity contribution in [1.29, 1.82) is 0 Å². The van der Waals surface area contributed by atoms with Gasteiger partial charge in [-0.2, -0.15) is 0 Å². The van der Waals surface area contributed by atoms with Crippen molar-refractivity contribution in [3.8, 4) is 0 Å². The Morgan fingerprint density at radius 3 is 2.50 bits per heavy atom. The second-order valence-electron chi connectivity index (χ2n) is 3.93. The van der Waals surface area contributed by atoms with Crippen molar-refractivity contribution in [3.05, 3.63) is 35.4 Å². The summed E-state index contributed by atoms with van der Waals surface area (Å²) in [5.41, 5.74) is 2.87. The van der Waals surface area contributed by atoms with E-state index in [-0.39, 0.29) is 0 Å². The Morgan fingerprint density at radius 1 is 1.07 bits per heavy atom. The SMILES string of the molecule is CCCCc1[c]ccc(CCCC)c1. The Hall–Kier alpha value is -0.780. The van der Waals surface area contributed by atoms with Gasteiger partial charge in [-0.15, -0.1) is 0 Å². The Kier molecular flexibility index (Phi) is 5.36. The van der Waals surface area contributed by atoms with Gasteiger partial charge in [-0.05, 0) is 42.9 Å². The quantitative estimate of drug-likeness (QED) is 0.630. The fraction of sp³-hybridized carbons (Fsp3) is 0.571. The van der Waals surface area contributed by atoms with E-state index in [9.17, 15) is 0 Å². The minimum Gasteiger partial charge on any atom is -0.0654 e. The van der Waals surface area contributed by atoms with Gasteiger partial charge in [0, 0.05) is 0 Å². The molecule has 0 fully saturated rings. The highest BCUT2D eigenvalue weighted by molar-refractivity contribution is 5.22. The molecule has 0 N–H and O–H groups in total. The number of aryl methyl sites for hydroxylation is 2. The summed E-state index contributed by atoms with van der Waals surface area (Å²) >= 11 is 0. The van der Waals surface area contributed by atoms with Crippen molar-refractivity contribution in [2.45, 2.75) is 52.4 Å². The predicted octanol–water partition coefficient (Wildman–Crippen LogP) is 4.17. The van der Waals surface area contributed by atoms with Crippen molar-refractivity contribution in [2.24, 2.45) is 0 Å². The Morgan fingerprint density at radius 2 is 1.79 bits per heavy atom. The zero-order chi connectivity index (χ0) is 10.2. The summed E-state index contributed by atoms with van der Waals surface area (Å²) < 4.78 is 0. The van der Waals surface area contributed by atoms with Crippen LogP contribution in [0.25, 0.3) is 0 Å². The third kappa shape index (κ3) is 3.95. The molecule has 77 valence electrons. The molecule has 0 heterocycles. The molecular weight excluding hydrogens is 168 g/mol. The number of hydrogen-bond donors (Lipinski definition) is 0. The van der Waals surface area contributed by atoms with E-state index in [2.05, 4.69) is 38.1 Å². The smallest absolute Gasteiger partial charge is 0.0149 e. The molecule has 1 aromatic rings. The van der Waals surface area contributed by atoms with Gasteiger partial charge in [0.05, 0.1) is 0 Å². The molecule has 1 rings (SSSR count). The van der Waals surface area contributed by atoms with Crippen LogP contribution in [0.2, 0.25) is 0 Å². The zero-order valence-corrected chi connectivity index (χ0v) is 9.47. The van der Waals surface area contributed by atoms with Gasteiger partial charge >= 0.3 is 0 Å². The van der Waals surface area contributed by atoms with E-state index >= 15 is 0 Å². The summed E-state index contributed by atoms with van der Waals surface area (Å²) in [5, 5.41) is 0. The van der Waals surface area contributed by atoms with Crippen molar-refractivity contribution in [3.63, 3.8) is 0 Å². The first kappa shape index (κ1) is 11.3. The Balaban J connectivity index is 2.50. The second kappa shape index (κ2) is 6.64. The molecular formula is C14H21. The maximum Gasteiger partial charge on any atom is -0.0149 e. The van der Waals surface area contributed by atoms with Crippen LogP contribution in [0, 0.1) is 6.07 Å². The van der Waals surface area contributed by atoms with Crippen LogP contribution in [-0.4, -0.2) is 0 Å². The maximum absolute atomic E-state index is 3.32. The van der Waals surface area contributed by atoms with Gasteiger partial charge in [0.25, 0.3) is 0 Å². The lowest BCUT2D eigenvalue weighted by Crippen LogP contribution is -1.89. The second-order valence-corrected chi connectivity index (χ2v) is 3.93. The van der Waals surface area contributed by atoms with E-state index < -0.39 is 0 Å².